The number of hydrogen-bond donors (Lipinski definition) is 1. The smallest absolute Gasteiger partial charge is 0.326 e. The van der Waals surface area contributed by atoms with Crippen molar-refractivity contribution in [1.29, 1.82) is 0 Å². The summed E-state index contributed by atoms with van der Waals surface area (Å²) in [5, 5.41) is 2.61. The summed E-state index contributed by atoms with van der Waals surface area (Å²) in [6.07, 6.45) is 0. The van der Waals surface area contributed by atoms with Crippen molar-refractivity contribution in [3.8, 4) is 0 Å². The molecule has 1 heterocycles. The largest absolute Gasteiger partial charge is 0.459 e. The van der Waals surface area contributed by atoms with Crippen molar-refractivity contribution in [3.63, 3.8) is 0 Å². The Morgan fingerprint density at radius 1 is 1.15 bits per heavy atom. The predicted octanol–water partition coefficient (Wildman–Crippen LogP) is 2.34. The molecule has 0 spiro atoms. The van der Waals surface area contributed by atoms with Crippen molar-refractivity contribution in [3.05, 3.63) is 71.5 Å². The van der Waals surface area contributed by atoms with Crippen LogP contribution in [0.4, 0.5) is 9.18 Å². The molecule has 1 saturated heterocycles. The van der Waals surface area contributed by atoms with Crippen LogP contribution >= 0.6 is 0 Å². The standard InChI is InChI=1S/C19H17FN2O4/c1-19(14-7-3-2-4-8-14)17(24)22(18(25)21-19)11-16(23)26-12-13-6-5-9-15(20)10-13/h2-10H,11-12H2,1H3,(H,21,25)/t19-/m1/s1. The van der Waals surface area contributed by atoms with Crippen molar-refractivity contribution in [2.45, 2.75) is 19.1 Å². The molecule has 26 heavy (non-hydrogen) atoms. The van der Waals surface area contributed by atoms with Crippen LogP contribution in [0.5, 0.6) is 0 Å². The first-order chi connectivity index (χ1) is 12.4. The van der Waals surface area contributed by atoms with Crippen LogP contribution in [0.3, 0.4) is 0 Å². The van der Waals surface area contributed by atoms with E-state index in [2.05, 4.69) is 5.32 Å². The average molecular weight is 356 g/mol. The minimum absolute atomic E-state index is 0.143. The normalized spacial score (nSPS) is 19.4. The van der Waals surface area contributed by atoms with E-state index in [1.807, 2.05) is 0 Å². The molecule has 1 aliphatic rings. The number of halogens is 1. The lowest BCUT2D eigenvalue weighted by Gasteiger charge is -2.21. The van der Waals surface area contributed by atoms with Crippen LogP contribution in [0.2, 0.25) is 0 Å². The number of amides is 3. The van der Waals surface area contributed by atoms with Crippen LogP contribution in [0.1, 0.15) is 18.1 Å². The Morgan fingerprint density at radius 3 is 2.58 bits per heavy atom. The van der Waals surface area contributed by atoms with E-state index in [9.17, 15) is 18.8 Å². The fourth-order valence-electron chi connectivity index (χ4n) is 2.77. The first-order valence-corrected chi connectivity index (χ1v) is 8.00. The van der Waals surface area contributed by atoms with Gasteiger partial charge in [0.2, 0.25) is 0 Å². The summed E-state index contributed by atoms with van der Waals surface area (Å²) in [6.45, 7) is 0.930. The number of hydrogen-bond acceptors (Lipinski definition) is 4. The van der Waals surface area contributed by atoms with E-state index in [1.54, 1.807) is 43.3 Å². The highest BCUT2D eigenvalue weighted by molar-refractivity contribution is 6.08. The Hall–Kier alpha value is -3.22. The minimum Gasteiger partial charge on any atom is -0.459 e. The van der Waals surface area contributed by atoms with Gasteiger partial charge in [-0.1, -0.05) is 42.5 Å². The fourth-order valence-corrected chi connectivity index (χ4v) is 2.77. The van der Waals surface area contributed by atoms with Gasteiger partial charge in [0.25, 0.3) is 5.91 Å². The number of urea groups is 1. The van der Waals surface area contributed by atoms with E-state index in [1.165, 1.54) is 18.2 Å². The third kappa shape index (κ3) is 3.42. The molecule has 0 saturated carbocycles. The molecule has 0 aromatic heterocycles. The van der Waals surface area contributed by atoms with Crippen LogP contribution in [-0.2, 0) is 26.5 Å². The summed E-state index contributed by atoms with van der Waals surface area (Å²) in [7, 11) is 0. The summed E-state index contributed by atoms with van der Waals surface area (Å²) in [5.74, 6) is -1.72. The molecule has 0 radical (unpaired) electrons. The molecular weight excluding hydrogens is 339 g/mol. The third-order valence-corrected chi connectivity index (χ3v) is 4.20. The fraction of sp³-hybridized carbons (Fsp3) is 0.211. The summed E-state index contributed by atoms with van der Waals surface area (Å²) in [6, 6.07) is 13.7. The van der Waals surface area contributed by atoms with Crippen LogP contribution in [-0.4, -0.2) is 29.4 Å². The van der Waals surface area contributed by atoms with Crippen LogP contribution < -0.4 is 5.32 Å². The molecule has 1 N–H and O–H groups in total. The quantitative estimate of drug-likeness (QED) is 0.659. The molecule has 7 heteroatoms. The van der Waals surface area contributed by atoms with E-state index in [4.69, 9.17) is 4.74 Å². The molecule has 3 amide bonds. The number of rotatable bonds is 5. The van der Waals surface area contributed by atoms with E-state index >= 15 is 0 Å². The lowest BCUT2D eigenvalue weighted by Crippen LogP contribution is -2.41. The molecule has 0 bridgehead atoms. The lowest BCUT2D eigenvalue weighted by atomic mass is 9.92. The Labute approximate surface area is 149 Å². The van der Waals surface area contributed by atoms with Crippen molar-refractivity contribution in [2.75, 3.05) is 6.54 Å². The van der Waals surface area contributed by atoms with Crippen LogP contribution in [0, 0.1) is 5.82 Å². The van der Waals surface area contributed by atoms with Crippen molar-refractivity contribution in [2.24, 2.45) is 0 Å². The predicted molar refractivity (Wildman–Crippen MR) is 90.2 cm³/mol. The maximum Gasteiger partial charge on any atom is 0.326 e. The SMILES string of the molecule is C[C@]1(c2ccccc2)NC(=O)N(CC(=O)OCc2cccc(F)c2)C1=O. The number of carbonyl (C=O) groups is 3. The molecule has 2 aromatic carbocycles. The molecule has 1 aliphatic heterocycles. The van der Waals surface area contributed by atoms with E-state index in [0.717, 1.165) is 4.90 Å². The number of benzene rings is 2. The van der Waals surface area contributed by atoms with Gasteiger partial charge in [0.15, 0.2) is 0 Å². The van der Waals surface area contributed by atoms with Gasteiger partial charge in [-0.05, 0) is 30.2 Å². The molecule has 2 aromatic rings. The zero-order valence-electron chi connectivity index (χ0n) is 14.1. The maximum absolute atomic E-state index is 13.1. The summed E-state index contributed by atoms with van der Waals surface area (Å²) >= 11 is 0. The first-order valence-electron chi connectivity index (χ1n) is 8.00. The van der Waals surface area contributed by atoms with Gasteiger partial charge >= 0.3 is 12.0 Å². The highest BCUT2D eigenvalue weighted by atomic mass is 19.1. The number of nitrogens with one attached hydrogen (secondary N) is 1. The minimum atomic E-state index is -1.23. The van der Waals surface area contributed by atoms with Crippen LogP contribution in [0.25, 0.3) is 0 Å². The number of nitrogens with zero attached hydrogens (tertiary/aromatic N) is 1. The van der Waals surface area contributed by atoms with Gasteiger partial charge in [0, 0.05) is 0 Å². The number of esters is 1. The molecule has 3 rings (SSSR count). The van der Waals surface area contributed by atoms with Crippen molar-refractivity contribution in [1.82, 2.24) is 10.2 Å². The van der Waals surface area contributed by atoms with Gasteiger partial charge in [-0.2, -0.15) is 0 Å². The van der Waals surface area contributed by atoms with E-state index < -0.39 is 35.8 Å². The average Bonchev–Trinajstić information content (AvgIpc) is 2.85. The number of ether oxygens (including phenoxy) is 1. The van der Waals surface area contributed by atoms with Gasteiger partial charge < -0.3 is 10.1 Å². The Bertz CT molecular complexity index is 856. The second kappa shape index (κ2) is 6.95. The molecule has 134 valence electrons. The van der Waals surface area contributed by atoms with Crippen molar-refractivity contribution < 1.29 is 23.5 Å². The second-order valence-electron chi connectivity index (χ2n) is 6.10. The molecule has 0 aliphatic carbocycles. The van der Waals surface area contributed by atoms with Gasteiger partial charge in [-0.25, -0.2) is 9.18 Å². The monoisotopic (exact) mass is 356 g/mol. The van der Waals surface area contributed by atoms with Crippen molar-refractivity contribution >= 4 is 17.9 Å². The van der Waals surface area contributed by atoms with Gasteiger partial charge in [0.05, 0.1) is 0 Å². The number of carbonyl (C=O) groups excluding carboxylic acids is 3. The summed E-state index contributed by atoms with van der Waals surface area (Å²) < 4.78 is 18.2. The molecular formula is C19H17FN2O4. The topological polar surface area (TPSA) is 75.7 Å². The molecule has 1 fully saturated rings. The maximum atomic E-state index is 13.1. The Kier molecular flexibility index (Phi) is 4.71. The number of imide groups is 1. The van der Waals surface area contributed by atoms with Gasteiger partial charge in [-0.3, -0.25) is 14.5 Å². The second-order valence-corrected chi connectivity index (χ2v) is 6.10. The molecule has 1 atom stereocenters. The third-order valence-electron chi connectivity index (χ3n) is 4.20. The van der Waals surface area contributed by atoms with Crippen LogP contribution in [0.15, 0.2) is 54.6 Å². The van der Waals surface area contributed by atoms with Gasteiger partial charge in [-0.15, -0.1) is 0 Å². The van der Waals surface area contributed by atoms with Gasteiger partial charge in [0.1, 0.15) is 24.5 Å². The van der Waals surface area contributed by atoms with E-state index in [0.29, 0.717) is 11.1 Å². The lowest BCUT2D eigenvalue weighted by molar-refractivity contribution is -0.148. The zero-order chi connectivity index (χ0) is 18.7. The highest BCUT2D eigenvalue weighted by Crippen LogP contribution is 2.28. The Balaban J connectivity index is 1.65. The summed E-state index contributed by atoms with van der Waals surface area (Å²) in [5.41, 5.74) is -0.139. The molecule has 0 unspecified atom stereocenters. The van der Waals surface area contributed by atoms with E-state index in [-0.39, 0.29) is 6.61 Å². The molecule has 6 nitrogen and oxygen atoms in total. The first kappa shape index (κ1) is 17.6. The Morgan fingerprint density at radius 2 is 1.88 bits per heavy atom. The summed E-state index contributed by atoms with van der Waals surface area (Å²) in [4.78, 5) is 37.7. The highest BCUT2D eigenvalue weighted by Gasteiger charge is 2.49. The zero-order valence-corrected chi connectivity index (χ0v) is 14.1.